The van der Waals surface area contributed by atoms with Gasteiger partial charge in [0.05, 0.1) is 5.69 Å². The van der Waals surface area contributed by atoms with Crippen LogP contribution in [0.3, 0.4) is 0 Å². The second kappa shape index (κ2) is 8.80. The number of anilines is 1. The van der Waals surface area contributed by atoms with Gasteiger partial charge in [-0.15, -0.1) is 11.3 Å². The van der Waals surface area contributed by atoms with E-state index < -0.39 is 6.04 Å². The minimum absolute atomic E-state index is 0.0680. The Morgan fingerprint density at radius 3 is 2.36 bits per heavy atom. The number of rotatable bonds is 6. The van der Waals surface area contributed by atoms with Crippen LogP contribution in [0.1, 0.15) is 29.8 Å². The summed E-state index contributed by atoms with van der Waals surface area (Å²) in [5.74, 6) is -0.594. The Morgan fingerprint density at radius 2 is 1.68 bits per heavy atom. The van der Waals surface area contributed by atoms with Crippen molar-refractivity contribution in [3.8, 4) is 11.3 Å². The number of hydrogen-bond acceptors (Lipinski definition) is 4. The summed E-state index contributed by atoms with van der Waals surface area (Å²) in [5.41, 5.74) is 3.25. The summed E-state index contributed by atoms with van der Waals surface area (Å²) in [6.07, 6.45) is 0. The quantitative estimate of drug-likeness (QED) is 0.647. The van der Waals surface area contributed by atoms with Gasteiger partial charge in [-0.1, -0.05) is 62.4 Å². The molecule has 3 rings (SSSR count). The Bertz CT molecular complexity index is 967. The van der Waals surface area contributed by atoms with E-state index in [1.165, 1.54) is 11.3 Å². The van der Waals surface area contributed by atoms with Gasteiger partial charge in [0.2, 0.25) is 5.91 Å². The van der Waals surface area contributed by atoms with Gasteiger partial charge in [-0.2, -0.15) is 0 Å². The number of carbonyl (C=O) groups excluding carboxylic acids is 2. The lowest BCUT2D eigenvalue weighted by Gasteiger charge is -2.21. The Hall–Kier alpha value is -2.99. The molecule has 144 valence electrons. The average molecular weight is 394 g/mol. The third-order valence-corrected chi connectivity index (χ3v) is 5.19. The lowest BCUT2D eigenvalue weighted by Crippen LogP contribution is -2.47. The Kier molecular flexibility index (Phi) is 6.21. The van der Waals surface area contributed by atoms with Crippen molar-refractivity contribution in [2.75, 3.05) is 5.32 Å². The van der Waals surface area contributed by atoms with Gasteiger partial charge in [-0.3, -0.25) is 9.59 Å². The van der Waals surface area contributed by atoms with Gasteiger partial charge < -0.3 is 10.6 Å². The summed E-state index contributed by atoms with van der Waals surface area (Å²) in [4.78, 5) is 29.9. The number of aromatic nitrogens is 1. The summed E-state index contributed by atoms with van der Waals surface area (Å²) in [6.45, 7) is 5.68. The first-order valence-corrected chi connectivity index (χ1v) is 10.0. The molecule has 0 aliphatic rings. The summed E-state index contributed by atoms with van der Waals surface area (Å²) in [5, 5.41) is 8.11. The number of benzene rings is 2. The van der Waals surface area contributed by atoms with Gasteiger partial charge in [0.1, 0.15) is 6.04 Å². The van der Waals surface area contributed by atoms with Crippen molar-refractivity contribution in [3.63, 3.8) is 0 Å². The summed E-state index contributed by atoms with van der Waals surface area (Å²) < 4.78 is 0. The molecule has 0 aliphatic heterocycles. The van der Waals surface area contributed by atoms with Gasteiger partial charge in [-0.25, -0.2) is 4.98 Å². The van der Waals surface area contributed by atoms with E-state index in [2.05, 4.69) is 15.6 Å². The van der Waals surface area contributed by atoms with Crippen LogP contribution in [0.5, 0.6) is 0 Å². The van der Waals surface area contributed by atoms with Crippen molar-refractivity contribution in [1.29, 1.82) is 0 Å². The number of nitrogens with zero attached hydrogens (tertiary/aromatic N) is 1. The number of hydrogen-bond donors (Lipinski definition) is 2. The minimum Gasteiger partial charge on any atom is -0.340 e. The molecule has 0 fully saturated rings. The van der Waals surface area contributed by atoms with E-state index >= 15 is 0 Å². The van der Waals surface area contributed by atoms with E-state index in [-0.39, 0.29) is 17.7 Å². The van der Waals surface area contributed by atoms with E-state index in [0.717, 1.165) is 16.8 Å². The molecular formula is C22H23N3O2S. The molecular weight excluding hydrogens is 370 g/mol. The van der Waals surface area contributed by atoms with Crippen molar-refractivity contribution in [1.82, 2.24) is 10.3 Å². The molecule has 0 spiro atoms. The van der Waals surface area contributed by atoms with Crippen LogP contribution in [-0.2, 0) is 4.79 Å². The van der Waals surface area contributed by atoms with Crippen molar-refractivity contribution in [2.45, 2.75) is 26.8 Å². The molecule has 2 aromatic carbocycles. The van der Waals surface area contributed by atoms with Crippen LogP contribution in [-0.4, -0.2) is 22.8 Å². The van der Waals surface area contributed by atoms with Crippen LogP contribution < -0.4 is 10.6 Å². The first-order valence-electron chi connectivity index (χ1n) is 9.14. The second-order valence-electron chi connectivity index (χ2n) is 6.90. The van der Waals surface area contributed by atoms with Crippen LogP contribution in [0.2, 0.25) is 0 Å². The lowest BCUT2D eigenvalue weighted by atomic mass is 10.0. The molecule has 5 nitrogen and oxygen atoms in total. The standard InChI is InChI=1S/C22H23N3O2S/c1-14(2)19(24-20(26)17-12-8-7-9-15(17)3)21(27)25-22-23-18(13-28-22)16-10-5-4-6-11-16/h4-14,19H,1-3H3,(H,24,26)(H,23,25,27)/t19-/m1/s1. The maximum atomic E-state index is 12.8. The molecule has 1 aromatic heterocycles. The first-order chi connectivity index (χ1) is 13.5. The number of thiazole rings is 1. The molecule has 0 aliphatic carbocycles. The predicted octanol–water partition coefficient (Wildman–Crippen LogP) is 4.51. The monoisotopic (exact) mass is 393 g/mol. The highest BCUT2D eigenvalue weighted by Gasteiger charge is 2.26. The van der Waals surface area contributed by atoms with Crippen LogP contribution in [0.25, 0.3) is 11.3 Å². The molecule has 2 N–H and O–H groups in total. The highest BCUT2D eigenvalue weighted by atomic mass is 32.1. The van der Waals surface area contributed by atoms with Crippen LogP contribution in [0.4, 0.5) is 5.13 Å². The fraction of sp³-hybridized carbons (Fsp3) is 0.227. The Balaban J connectivity index is 1.71. The minimum atomic E-state index is -0.656. The largest absolute Gasteiger partial charge is 0.340 e. The summed E-state index contributed by atoms with van der Waals surface area (Å²) in [6, 6.07) is 16.5. The topological polar surface area (TPSA) is 71.1 Å². The molecule has 0 radical (unpaired) electrons. The Labute approximate surface area is 168 Å². The van der Waals surface area contributed by atoms with E-state index in [1.54, 1.807) is 6.07 Å². The van der Waals surface area contributed by atoms with Crippen LogP contribution in [0.15, 0.2) is 60.0 Å². The molecule has 0 saturated heterocycles. The van der Waals surface area contributed by atoms with E-state index in [0.29, 0.717) is 10.7 Å². The van der Waals surface area contributed by atoms with Gasteiger partial charge in [0, 0.05) is 16.5 Å². The van der Waals surface area contributed by atoms with Crippen molar-refractivity contribution >= 4 is 28.3 Å². The highest BCUT2D eigenvalue weighted by Crippen LogP contribution is 2.25. The number of aryl methyl sites for hydroxylation is 1. The van der Waals surface area contributed by atoms with Gasteiger partial charge in [-0.05, 0) is 24.5 Å². The van der Waals surface area contributed by atoms with Crippen LogP contribution in [0, 0.1) is 12.8 Å². The summed E-state index contributed by atoms with van der Waals surface area (Å²) >= 11 is 1.36. The zero-order chi connectivity index (χ0) is 20.1. The van der Waals surface area contributed by atoms with Crippen molar-refractivity contribution in [3.05, 3.63) is 71.1 Å². The first kappa shape index (κ1) is 19.8. The second-order valence-corrected chi connectivity index (χ2v) is 7.76. The molecule has 3 aromatic rings. The molecule has 1 atom stereocenters. The van der Waals surface area contributed by atoms with E-state index in [9.17, 15) is 9.59 Å². The summed E-state index contributed by atoms with van der Waals surface area (Å²) in [7, 11) is 0. The molecule has 0 saturated carbocycles. The van der Waals surface area contributed by atoms with Gasteiger partial charge in [0.15, 0.2) is 5.13 Å². The average Bonchev–Trinajstić information content (AvgIpc) is 3.15. The third kappa shape index (κ3) is 4.64. The van der Waals surface area contributed by atoms with Gasteiger partial charge in [0.25, 0.3) is 5.91 Å². The fourth-order valence-electron chi connectivity index (χ4n) is 2.84. The van der Waals surface area contributed by atoms with Crippen LogP contribution >= 0.6 is 11.3 Å². The number of carbonyl (C=O) groups is 2. The zero-order valence-electron chi connectivity index (χ0n) is 16.1. The Morgan fingerprint density at radius 1 is 1.00 bits per heavy atom. The smallest absolute Gasteiger partial charge is 0.252 e. The predicted molar refractivity (Wildman–Crippen MR) is 113 cm³/mol. The number of nitrogens with one attached hydrogen (secondary N) is 2. The van der Waals surface area contributed by atoms with Gasteiger partial charge >= 0.3 is 0 Å². The molecule has 0 bridgehead atoms. The molecule has 0 unspecified atom stereocenters. The molecule has 6 heteroatoms. The maximum absolute atomic E-state index is 12.8. The fourth-order valence-corrected chi connectivity index (χ4v) is 3.56. The van der Waals surface area contributed by atoms with E-state index in [4.69, 9.17) is 0 Å². The van der Waals surface area contributed by atoms with E-state index in [1.807, 2.05) is 74.7 Å². The van der Waals surface area contributed by atoms with Crippen molar-refractivity contribution < 1.29 is 9.59 Å². The molecule has 2 amide bonds. The van der Waals surface area contributed by atoms with Crippen molar-refractivity contribution in [2.24, 2.45) is 5.92 Å². The third-order valence-electron chi connectivity index (χ3n) is 4.43. The normalized spacial score (nSPS) is 11.9. The zero-order valence-corrected chi connectivity index (χ0v) is 16.9. The lowest BCUT2D eigenvalue weighted by molar-refractivity contribution is -0.118. The number of amides is 2. The SMILES string of the molecule is Cc1ccccc1C(=O)N[C@@H](C(=O)Nc1nc(-c2ccccc2)cs1)C(C)C. The molecule has 28 heavy (non-hydrogen) atoms. The highest BCUT2D eigenvalue weighted by molar-refractivity contribution is 7.14. The molecule has 1 heterocycles. The maximum Gasteiger partial charge on any atom is 0.252 e.